The number of hydrogen-bond acceptors (Lipinski definition) is 4. The van der Waals surface area contributed by atoms with Crippen LogP contribution in [0.4, 0.5) is 5.69 Å². The van der Waals surface area contributed by atoms with Gasteiger partial charge in [0, 0.05) is 11.5 Å². The van der Waals surface area contributed by atoms with Crippen LogP contribution >= 0.6 is 11.3 Å². The smallest absolute Gasteiger partial charge is 0.350 e. The maximum atomic E-state index is 11.9. The molecule has 5 heteroatoms. The van der Waals surface area contributed by atoms with Crippen molar-refractivity contribution >= 4 is 28.9 Å². The molecule has 0 unspecified atom stereocenters. The van der Waals surface area contributed by atoms with Crippen LogP contribution in [0.5, 0.6) is 0 Å². The summed E-state index contributed by atoms with van der Waals surface area (Å²) in [5.41, 5.74) is 2.01. The number of rotatable bonds is 2. The standard InChI is InChI=1S/C16H13NO3S/c1-11-10-21-15(16(19)20-2)14(11)17-13(18)9-8-12-6-4-3-5-7-12/h3-7,10H,1-2H3,(H,17,18). The maximum absolute atomic E-state index is 11.9. The Morgan fingerprint density at radius 3 is 2.62 bits per heavy atom. The average Bonchev–Trinajstić information content (AvgIpc) is 2.86. The Morgan fingerprint density at radius 1 is 1.24 bits per heavy atom. The second kappa shape index (κ2) is 6.73. The molecule has 1 N–H and O–H groups in total. The number of carbonyl (C=O) groups excluding carboxylic acids is 2. The predicted octanol–water partition coefficient (Wildman–Crippen LogP) is 2.83. The van der Waals surface area contributed by atoms with Gasteiger partial charge in [-0.3, -0.25) is 4.79 Å². The lowest BCUT2D eigenvalue weighted by atomic mass is 10.2. The SMILES string of the molecule is COC(=O)c1scc(C)c1NC(=O)C#Cc1ccccc1. The maximum Gasteiger partial charge on any atom is 0.350 e. The predicted molar refractivity (Wildman–Crippen MR) is 82.3 cm³/mol. The van der Waals surface area contributed by atoms with Gasteiger partial charge in [-0.1, -0.05) is 24.1 Å². The Hall–Kier alpha value is -2.58. The average molecular weight is 299 g/mol. The van der Waals surface area contributed by atoms with E-state index in [-0.39, 0.29) is 0 Å². The molecule has 2 aromatic rings. The van der Waals surface area contributed by atoms with Gasteiger partial charge < -0.3 is 10.1 Å². The Morgan fingerprint density at radius 2 is 1.95 bits per heavy atom. The summed E-state index contributed by atoms with van der Waals surface area (Å²) in [7, 11) is 1.30. The number of hydrogen-bond donors (Lipinski definition) is 1. The lowest BCUT2D eigenvalue weighted by molar-refractivity contribution is -0.111. The van der Waals surface area contributed by atoms with Gasteiger partial charge in [-0.15, -0.1) is 11.3 Å². The highest BCUT2D eigenvalue weighted by atomic mass is 32.1. The molecular weight excluding hydrogens is 286 g/mol. The van der Waals surface area contributed by atoms with Crippen molar-refractivity contribution in [3.8, 4) is 11.8 Å². The first kappa shape index (κ1) is 14.8. The van der Waals surface area contributed by atoms with Gasteiger partial charge >= 0.3 is 11.9 Å². The summed E-state index contributed by atoms with van der Waals surface area (Å²) >= 11 is 1.23. The number of esters is 1. The number of thiophene rings is 1. The van der Waals surface area contributed by atoms with Crippen molar-refractivity contribution in [1.29, 1.82) is 0 Å². The van der Waals surface area contributed by atoms with Gasteiger partial charge in [0.25, 0.3) is 0 Å². The molecule has 1 aromatic carbocycles. The fourth-order valence-corrected chi connectivity index (χ4v) is 2.56. The molecule has 106 valence electrons. The summed E-state index contributed by atoms with van der Waals surface area (Å²) in [5, 5.41) is 4.43. The van der Waals surface area contributed by atoms with Crippen molar-refractivity contribution in [3.05, 3.63) is 51.7 Å². The molecule has 0 fully saturated rings. The molecule has 0 saturated carbocycles. The molecule has 4 nitrogen and oxygen atoms in total. The number of ether oxygens (including phenoxy) is 1. The highest BCUT2D eigenvalue weighted by Crippen LogP contribution is 2.28. The number of aryl methyl sites for hydroxylation is 1. The van der Waals surface area contributed by atoms with Crippen LogP contribution in [0.1, 0.15) is 20.8 Å². The van der Waals surface area contributed by atoms with E-state index < -0.39 is 11.9 Å². The Bertz CT molecular complexity index is 723. The monoisotopic (exact) mass is 299 g/mol. The van der Waals surface area contributed by atoms with Gasteiger partial charge in [-0.2, -0.15) is 0 Å². The number of anilines is 1. The molecule has 0 bridgehead atoms. The van der Waals surface area contributed by atoms with E-state index in [2.05, 4.69) is 21.9 Å². The molecule has 0 radical (unpaired) electrons. The van der Waals surface area contributed by atoms with Gasteiger partial charge in [0.05, 0.1) is 12.8 Å². The quantitative estimate of drug-likeness (QED) is 0.685. The zero-order valence-corrected chi connectivity index (χ0v) is 12.4. The van der Waals surface area contributed by atoms with E-state index in [1.165, 1.54) is 18.4 Å². The highest BCUT2D eigenvalue weighted by molar-refractivity contribution is 7.12. The minimum Gasteiger partial charge on any atom is -0.465 e. The van der Waals surface area contributed by atoms with Gasteiger partial charge in [-0.05, 0) is 30.0 Å². The van der Waals surface area contributed by atoms with E-state index in [4.69, 9.17) is 0 Å². The van der Waals surface area contributed by atoms with Crippen LogP contribution in [-0.2, 0) is 9.53 Å². The van der Waals surface area contributed by atoms with Crippen LogP contribution in [0.3, 0.4) is 0 Å². The highest BCUT2D eigenvalue weighted by Gasteiger charge is 2.17. The van der Waals surface area contributed by atoms with Crippen molar-refractivity contribution in [2.24, 2.45) is 0 Å². The zero-order chi connectivity index (χ0) is 15.2. The molecule has 0 aliphatic heterocycles. The summed E-state index contributed by atoms with van der Waals surface area (Å²) in [4.78, 5) is 23.8. The second-order valence-corrected chi connectivity index (χ2v) is 5.06. The fourth-order valence-electron chi connectivity index (χ4n) is 1.64. The van der Waals surface area contributed by atoms with E-state index in [1.807, 2.05) is 37.3 Å². The van der Waals surface area contributed by atoms with E-state index in [9.17, 15) is 9.59 Å². The van der Waals surface area contributed by atoms with Gasteiger partial charge in [0.2, 0.25) is 0 Å². The van der Waals surface area contributed by atoms with E-state index in [1.54, 1.807) is 5.38 Å². The summed E-state index contributed by atoms with van der Waals surface area (Å²) < 4.78 is 4.69. The van der Waals surface area contributed by atoms with Crippen molar-refractivity contribution in [1.82, 2.24) is 0 Å². The molecule has 0 spiro atoms. The van der Waals surface area contributed by atoms with Gasteiger partial charge in [0.1, 0.15) is 4.88 Å². The lowest BCUT2D eigenvalue weighted by Crippen LogP contribution is -2.12. The van der Waals surface area contributed by atoms with Crippen LogP contribution in [0.2, 0.25) is 0 Å². The van der Waals surface area contributed by atoms with E-state index in [0.29, 0.717) is 10.6 Å². The first-order valence-electron chi connectivity index (χ1n) is 6.16. The van der Waals surface area contributed by atoms with Crippen LogP contribution in [0.25, 0.3) is 0 Å². The number of methoxy groups -OCH3 is 1. The first-order valence-corrected chi connectivity index (χ1v) is 7.04. The molecule has 2 rings (SSSR count). The Kier molecular flexibility index (Phi) is 4.75. The molecule has 1 aromatic heterocycles. The van der Waals surface area contributed by atoms with Crippen LogP contribution < -0.4 is 5.32 Å². The number of carbonyl (C=O) groups is 2. The van der Waals surface area contributed by atoms with Crippen molar-refractivity contribution in [2.45, 2.75) is 6.92 Å². The molecule has 0 saturated heterocycles. The molecule has 0 atom stereocenters. The summed E-state index contributed by atoms with van der Waals surface area (Å²) in [6.07, 6.45) is 0. The fraction of sp³-hybridized carbons (Fsp3) is 0.125. The first-order chi connectivity index (χ1) is 10.1. The normalized spacial score (nSPS) is 9.43. The lowest BCUT2D eigenvalue weighted by Gasteiger charge is -2.03. The minimum absolute atomic E-state index is 0.366. The number of nitrogens with one attached hydrogen (secondary N) is 1. The molecule has 1 amide bonds. The zero-order valence-electron chi connectivity index (χ0n) is 11.6. The molecule has 0 aliphatic carbocycles. The summed E-state index contributed by atoms with van der Waals surface area (Å²) in [5.74, 6) is 4.33. The molecular formula is C16H13NO3S. The topological polar surface area (TPSA) is 55.4 Å². The summed E-state index contributed by atoms with van der Waals surface area (Å²) in [6, 6.07) is 9.20. The number of amides is 1. The molecule has 21 heavy (non-hydrogen) atoms. The van der Waals surface area contributed by atoms with Crippen molar-refractivity contribution < 1.29 is 14.3 Å². The van der Waals surface area contributed by atoms with Gasteiger partial charge in [0.15, 0.2) is 0 Å². The third-order valence-electron chi connectivity index (χ3n) is 2.68. The third kappa shape index (κ3) is 3.71. The summed E-state index contributed by atoms with van der Waals surface area (Å²) in [6.45, 7) is 1.81. The second-order valence-electron chi connectivity index (χ2n) is 4.18. The van der Waals surface area contributed by atoms with E-state index >= 15 is 0 Å². The van der Waals surface area contributed by atoms with Crippen LogP contribution in [0, 0.1) is 18.8 Å². The Balaban J connectivity index is 2.16. The molecule has 1 heterocycles. The van der Waals surface area contributed by atoms with Gasteiger partial charge in [-0.25, -0.2) is 4.79 Å². The largest absolute Gasteiger partial charge is 0.465 e. The van der Waals surface area contributed by atoms with Crippen LogP contribution in [0.15, 0.2) is 35.7 Å². The van der Waals surface area contributed by atoms with E-state index in [0.717, 1.165) is 11.1 Å². The Labute approximate surface area is 126 Å². The van der Waals surface area contributed by atoms with Crippen molar-refractivity contribution in [2.75, 3.05) is 12.4 Å². The third-order valence-corrected chi connectivity index (χ3v) is 3.76. The minimum atomic E-state index is -0.473. The van der Waals surface area contributed by atoms with Crippen LogP contribution in [-0.4, -0.2) is 19.0 Å². The van der Waals surface area contributed by atoms with Crippen molar-refractivity contribution in [3.63, 3.8) is 0 Å². The number of benzene rings is 1. The molecule has 0 aliphatic rings.